The lowest BCUT2D eigenvalue weighted by Crippen LogP contribution is -2.30. The van der Waals surface area contributed by atoms with Gasteiger partial charge in [0, 0.05) is 0 Å². The molecule has 1 amide bonds. The van der Waals surface area contributed by atoms with E-state index < -0.39 is 11.9 Å². The second-order valence-corrected chi connectivity index (χ2v) is 1.41. The summed E-state index contributed by atoms with van der Waals surface area (Å²) in [5.74, 6) is 2.48. The van der Waals surface area contributed by atoms with Crippen LogP contribution < -0.4 is 5.32 Å². The molecule has 4 heteroatoms. The Labute approximate surface area is 58.2 Å². The molecule has 0 atom stereocenters. The average molecular weight is 141 g/mol. The maximum absolute atomic E-state index is 10.2. The van der Waals surface area contributed by atoms with Gasteiger partial charge in [0.15, 0.2) is 0 Å². The molecule has 0 fully saturated rings. The van der Waals surface area contributed by atoms with Gasteiger partial charge >= 0.3 is 11.9 Å². The number of hydrogen-bond acceptors (Lipinski definition) is 2. The van der Waals surface area contributed by atoms with Crippen molar-refractivity contribution in [2.24, 2.45) is 0 Å². The summed E-state index contributed by atoms with van der Waals surface area (Å²) in [6.07, 6.45) is 0. The van der Waals surface area contributed by atoms with Crippen molar-refractivity contribution in [1.29, 1.82) is 0 Å². The number of aliphatic carboxylic acids is 1. The maximum Gasteiger partial charge on any atom is 0.394 e. The van der Waals surface area contributed by atoms with E-state index in [9.17, 15) is 9.59 Å². The smallest absolute Gasteiger partial charge is 0.394 e. The van der Waals surface area contributed by atoms with Crippen LogP contribution in [0, 0.1) is 11.8 Å². The van der Waals surface area contributed by atoms with Crippen LogP contribution in [0.4, 0.5) is 0 Å². The second kappa shape index (κ2) is 4.39. The van der Waals surface area contributed by atoms with E-state index in [4.69, 9.17) is 5.11 Å². The van der Waals surface area contributed by atoms with Gasteiger partial charge in [0.25, 0.3) is 0 Å². The topological polar surface area (TPSA) is 66.4 Å². The number of nitrogens with one attached hydrogen (secondary N) is 1. The fourth-order valence-electron chi connectivity index (χ4n) is 0.288. The van der Waals surface area contributed by atoms with E-state index in [1.165, 1.54) is 0 Å². The van der Waals surface area contributed by atoms with Crippen molar-refractivity contribution in [1.82, 2.24) is 5.32 Å². The first-order valence-electron chi connectivity index (χ1n) is 2.59. The molecule has 0 bridgehead atoms. The van der Waals surface area contributed by atoms with E-state index in [0.717, 1.165) is 0 Å². The lowest BCUT2D eigenvalue weighted by Gasteiger charge is -1.91. The highest BCUT2D eigenvalue weighted by molar-refractivity contribution is 6.31. The summed E-state index contributed by atoms with van der Waals surface area (Å²) < 4.78 is 0. The van der Waals surface area contributed by atoms with E-state index >= 15 is 0 Å². The van der Waals surface area contributed by atoms with Gasteiger partial charge in [0.2, 0.25) is 0 Å². The van der Waals surface area contributed by atoms with E-state index in [0.29, 0.717) is 0 Å². The Balaban J connectivity index is 3.57. The van der Waals surface area contributed by atoms with Crippen LogP contribution >= 0.6 is 0 Å². The minimum atomic E-state index is -1.49. The fraction of sp³-hybridized carbons (Fsp3) is 0.333. The molecule has 10 heavy (non-hydrogen) atoms. The summed E-state index contributed by atoms with van der Waals surface area (Å²) >= 11 is 0. The van der Waals surface area contributed by atoms with E-state index in [1.807, 2.05) is 0 Å². The molecule has 0 aliphatic rings. The van der Waals surface area contributed by atoms with Gasteiger partial charge in [-0.25, -0.2) is 4.79 Å². The molecule has 0 radical (unpaired) electrons. The number of hydrogen-bond donors (Lipinski definition) is 2. The maximum atomic E-state index is 10.2. The highest BCUT2D eigenvalue weighted by atomic mass is 16.4. The van der Waals surface area contributed by atoms with Crippen molar-refractivity contribution >= 4 is 11.9 Å². The van der Waals surface area contributed by atoms with Crippen molar-refractivity contribution in [3.63, 3.8) is 0 Å². The molecule has 0 aliphatic heterocycles. The van der Waals surface area contributed by atoms with Gasteiger partial charge in [-0.1, -0.05) is 5.92 Å². The summed E-state index contributed by atoms with van der Waals surface area (Å²) in [5, 5.41) is 10.1. The predicted octanol–water partition coefficient (Wildman–Crippen LogP) is -0.790. The van der Waals surface area contributed by atoms with Crippen LogP contribution in [0.3, 0.4) is 0 Å². The SMILES string of the molecule is CC#CCNC(=O)C(=O)O. The second-order valence-electron chi connectivity index (χ2n) is 1.41. The zero-order chi connectivity index (χ0) is 7.98. The van der Waals surface area contributed by atoms with Crippen LogP contribution in [0.25, 0.3) is 0 Å². The normalized spacial score (nSPS) is 7.30. The number of amides is 1. The Kier molecular flexibility index (Phi) is 3.73. The van der Waals surface area contributed by atoms with Crippen molar-refractivity contribution in [3.05, 3.63) is 0 Å². The van der Waals surface area contributed by atoms with Gasteiger partial charge < -0.3 is 10.4 Å². The Morgan fingerprint density at radius 2 is 2.20 bits per heavy atom. The molecule has 0 aromatic rings. The molecule has 0 spiro atoms. The zero-order valence-corrected chi connectivity index (χ0v) is 5.47. The summed E-state index contributed by atoms with van der Waals surface area (Å²) in [6, 6.07) is 0. The Bertz CT molecular complexity index is 199. The molecule has 0 heterocycles. The quantitative estimate of drug-likeness (QED) is 0.371. The third-order valence-electron chi connectivity index (χ3n) is 0.708. The number of rotatable bonds is 1. The summed E-state index contributed by atoms with van der Waals surface area (Å²) in [5.41, 5.74) is 0. The van der Waals surface area contributed by atoms with Gasteiger partial charge in [0.1, 0.15) is 0 Å². The fourth-order valence-corrected chi connectivity index (χ4v) is 0.288. The predicted molar refractivity (Wildman–Crippen MR) is 34.1 cm³/mol. The van der Waals surface area contributed by atoms with Crippen molar-refractivity contribution in [3.8, 4) is 11.8 Å². The summed E-state index contributed by atoms with van der Waals surface area (Å²) in [4.78, 5) is 20.1. The van der Waals surface area contributed by atoms with Crippen LogP contribution in [0.15, 0.2) is 0 Å². The van der Waals surface area contributed by atoms with E-state index in [1.54, 1.807) is 6.92 Å². The third kappa shape index (κ3) is 3.50. The van der Waals surface area contributed by atoms with Crippen LogP contribution in [0.2, 0.25) is 0 Å². The van der Waals surface area contributed by atoms with E-state index in [-0.39, 0.29) is 6.54 Å². The summed E-state index contributed by atoms with van der Waals surface area (Å²) in [7, 11) is 0. The molecule has 2 N–H and O–H groups in total. The zero-order valence-electron chi connectivity index (χ0n) is 5.47. The number of carboxylic acid groups (broad SMARTS) is 1. The lowest BCUT2D eigenvalue weighted by atomic mass is 10.5. The molecular formula is C6H7NO3. The van der Waals surface area contributed by atoms with Crippen molar-refractivity contribution in [2.45, 2.75) is 6.92 Å². The highest BCUT2D eigenvalue weighted by Crippen LogP contribution is 1.63. The van der Waals surface area contributed by atoms with Gasteiger partial charge in [0.05, 0.1) is 6.54 Å². The average Bonchev–Trinajstić information content (AvgIpc) is 1.88. The number of carboxylic acids is 1. The highest BCUT2D eigenvalue weighted by Gasteiger charge is 2.07. The molecule has 0 aromatic carbocycles. The molecule has 0 aliphatic carbocycles. The molecule has 0 saturated heterocycles. The van der Waals surface area contributed by atoms with E-state index in [2.05, 4.69) is 17.2 Å². The largest absolute Gasteiger partial charge is 0.474 e. The van der Waals surface area contributed by atoms with Crippen LogP contribution in [-0.2, 0) is 9.59 Å². The first-order valence-corrected chi connectivity index (χ1v) is 2.59. The van der Waals surface area contributed by atoms with Gasteiger partial charge in [-0.05, 0) is 6.92 Å². The van der Waals surface area contributed by atoms with Gasteiger partial charge in [-0.15, -0.1) is 5.92 Å². The minimum Gasteiger partial charge on any atom is -0.474 e. The monoisotopic (exact) mass is 141 g/mol. The minimum absolute atomic E-state index is 0.0850. The molecule has 4 nitrogen and oxygen atoms in total. The standard InChI is InChI=1S/C6H7NO3/c1-2-3-4-7-5(8)6(9)10/h4H2,1H3,(H,7,8)(H,9,10). The van der Waals surface area contributed by atoms with Gasteiger partial charge in [-0.3, -0.25) is 4.79 Å². The van der Waals surface area contributed by atoms with Crippen molar-refractivity contribution in [2.75, 3.05) is 6.54 Å². The van der Waals surface area contributed by atoms with Gasteiger partial charge in [-0.2, -0.15) is 0 Å². The molecule has 0 rings (SSSR count). The lowest BCUT2D eigenvalue weighted by molar-refractivity contribution is -0.150. The molecule has 0 saturated carbocycles. The first-order chi connectivity index (χ1) is 4.68. The Morgan fingerprint density at radius 1 is 1.60 bits per heavy atom. The molecular weight excluding hydrogens is 134 g/mol. The summed E-state index contributed by atoms with van der Waals surface area (Å²) in [6.45, 7) is 1.69. The molecule has 0 aromatic heterocycles. The Morgan fingerprint density at radius 3 is 2.60 bits per heavy atom. The van der Waals surface area contributed by atoms with Crippen molar-refractivity contribution < 1.29 is 14.7 Å². The molecule has 0 unspecified atom stereocenters. The van der Waals surface area contributed by atoms with Crippen LogP contribution in [0.5, 0.6) is 0 Å². The molecule has 54 valence electrons. The Hall–Kier alpha value is -1.50. The van der Waals surface area contributed by atoms with Crippen LogP contribution in [0.1, 0.15) is 6.92 Å². The number of carbonyl (C=O) groups excluding carboxylic acids is 1. The first kappa shape index (κ1) is 8.50. The third-order valence-corrected chi connectivity index (χ3v) is 0.708. The van der Waals surface area contributed by atoms with Crippen LogP contribution in [-0.4, -0.2) is 23.5 Å². The number of carbonyl (C=O) groups is 2.